The van der Waals surface area contributed by atoms with Crippen LogP contribution in [0.3, 0.4) is 0 Å². The molecule has 3 nitrogen and oxygen atoms in total. The van der Waals surface area contributed by atoms with E-state index in [1.807, 2.05) is 0 Å². The normalized spacial score (nSPS) is 10.6. The van der Waals surface area contributed by atoms with E-state index >= 15 is 0 Å². The fraction of sp³-hybridized carbons (Fsp3) is 0.962. The maximum Gasteiger partial charge on any atom is 0.303 e. The van der Waals surface area contributed by atoms with Crippen LogP contribution in [0.1, 0.15) is 155 Å². The van der Waals surface area contributed by atoms with E-state index in [0.29, 0.717) is 13.0 Å². The van der Waals surface area contributed by atoms with Gasteiger partial charge < -0.3 is 10.2 Å². The summed E-state index contributed by atoms with van der Waals surface area (Å²) in [5.41, 5.74) is 0. The summed E-state index contributed by atoms with van der Waals surface area (Å²) in [6, 6.07) is 0. The second kappa shape index (κ2) is 29.6. The highest BCUT2D eigenvalue weighted by molar-refractivity contribution is 5.66. The van der Waals surface area contributed by atoms with Gasteiger partial charge in [0, 0.05) is 13.0 Å². The molecule has 0 aliphatic heterocycles. The number of rotatable bonds is 22. The van der Waals surface area contributed by atoms with Crippen LogP contribution in [0.2, 0.25) is 0 Å². The number of carbonyl (C=O) groups is 1. The smallest absolute Gasteiger partial charge is 0.303 e. The Morgan fingerprint density at radius 2 is 0.759 bits per heavy atom. The topological polar surface area (TPSA) is 57.5 Å². The average Bonchev–Trinajstić information content (AvgIpc) is 2.71. The quantitative estimate of drug-likeness (QED) is 0.174. The molecule has 0 spiro atoms. The zero-order chi connectivity index (χ0) is 21.8. The van der Waals surface area contributed by atoms with Crippen LogP contribution in [0.5, 0.6) is 0 Å². The number of carboxylic acids is 1. The van der Waals surface area contributed by atoms with Crippen LogP contribution in [-0.4, -0.2) is 22.8 Å². The lowest BCUT2D eigenvalue weighted by Crippen LogP contribution is -1.93. The van der Waals surface area contributed by atoms with Crippen molar-refractivity contribution in [1.29, 1.82) is 0 Å². The van der Waals surface area contributed by atoms with Crippen molar-refractivity contribution in [3.05, 3.63) is 0 Å². The Hall–Kier alpha value is -0.570. The van der Waals surface area contributed by atoms with E-state index in [9.17, 15) is 4.79 Å². The summed E-state index contributed by atoms with van der Waals surface area (Å²) in [5, 5.41) is 16.9. The molecule has 2 N–H and O–H groups in total. The van der Waals surface area contributed by atoms with Crippen LogP contribution in [0, 0.1) is 0 Å². The van der Waals surface area contributed by atoms with Gasteiger partial charge in [-0.3, -0.25) is 4.79 Å². The summed E-state index contributed by atoms with van der Waals surface area (Å²) in [7, 11) is 0. The standard InChI is InChI=1S/C18H38O.C8H16O2/c1-2-3-4-5-6-7-8-9-10-11-12-13-14-15-16-17-18-19;1-2-3-4-5-6-7-8(9)10/h19H,2-18H2,1H3;2-7H2,1H3,(H,9,10). The molecular weight excluding hydrogens is 360 g/mol. The summed E-state index contributed by atoms with van der Waals surface area (Å²) in [6.07, 6.45) is 28.1. The molecule has 0 atom stereocenters. The second-order valence-corrected chi connectivity index (χ2v) is 8.58. The first kappa shape index (κ1) is 30.6. The lowest BCUT2D eigenvalue weighted by Gasteiger charge is -2.03. The minimum Gasteiger partial charge on any atom is -0.481 e. The van der Waals surface area contributed by atoms with Gasteiger partial charge in [0.2, 0.25) is 0 Å². The van der Waals surface area contributed by atoms with Crippen LogP contribution < -0.4 is 0 Å². The molecule has 0 unspecified atom stereocenters. The molecule has 0 rings (SSSR count). The molecule has 176 valence electrons. The molecule has 0 aliphatic rings. The van der Waals surface area contributed by atoms with Gasteiger partial charge in [-0.05, 0) is 12.8 Å². The molecule has 0 saturated carbocycles. The van der Waals surface area contributed by atoms with Crippen molar-refractivity contribution in [3.63, 3.8) is 0 Å². The van der Waals surface area contributed by atoms with Crippen molar-refractivity contribution < 1.29 is 15.0 Å². The first-order valence-corrected chi connectivity index (χ1v) is 13.0. The van der Waals surface area contributed by atoms with Gasteiger partial charge in [0.25, 0.3) is 0 Å². The van der Waals surface area contributed by atoms with Gasteiger partial charge in [-0.15, -0.1) is 0 Å². The first-order valence-electron chi connectivity index (χ1n) is 13.0. The predicted octanol–water partition coefficient (Wildman–Crippen LogP) is 8.67. The van der Waals surface area contributed by atoms with Crippen molar-refractivity contribution in [3.8, 4) is 0 Å². The maximum atomic E-state index is 10.0. The monoisotopic (exact) mass is 414 g/mol. The molecule has 0 bridgehead atoms. The zero-order valence-corrected chi connectivity index (χ0v) is 20.1. The Labute approximate surface area is 183 Å². The zero-order valence-electron chi connectivity index (χ0n) is 20.1. The first-order chi connectivity index (χ1) is 14.2. The Morgan fingerprint density at radius 3 is 1.03 bits per heavy atom. The van der Waals surface area contributed by atoms with Crippen LogP contribution in [0.15, 0.2) is 0 Å². The molecule has 0 aromatic heterocycles. The summed E-state index contributed by atoms with van der Waals surface area (Å²) in [5.74, 6) is -0.670. The van der Waals surface area contributed by atoms with Gasteiger partial charge in [-0.25, -0.2) is 0 Å². The van der Waals surface area contributed by atoms with Crippen molar-refractivity contribution >= 4 is 5.97 Å². The molecule has 0 saturated heterocycles. The van der Waals surface area contributed by atoms with Crippen LogP contribution in [0.4, 0.5) is 0 Å². The lowest BCUT2D eigenvalue weighted by atomic mass is 10.0. The molecule has 0 aromatic carbocycles. The van der Waals surface area contributed by atoms with E-state index in [-0.39, 0.29) is 0 Å². The van der Waals surface area contributed by atoms with E-state index in [0.717, 1.165) is 19.3 Å². The largest absolute Gasteiger partial charge is 0.481 e. The highest BCUT2D eigenvalue weighted by Gasteiger charge is 1.95. The molecule has 0 radical (unpaired) electrons. The van der Waals surface area contributed by atoms with Crippen LogP contribution >= 0.6 is 0 Å². The molecule has 3 heteroatoms. The number of hydrogen-bond acceptors (Lipinski definition) is 2. The molecule has 0 amide bonds. The van der Waals surface area contributed by atoms with Crippen molar-refractivity contribution in [2.24, 2.45) is 0 Å². The number of unbranched alkanes of at least 4 members (excludes halogenated alkanes) is 19. The predicted molar refractivity (Wildman–Crippen MR) is 128 cm³/mol. The van der Waals surface area contributed by atoms with Crippen LogP contribution in [-0.2, 0) is 4.79 Å². The van der Waals surface area contributed by atoms with E-state index in [2.05, 4.69) is 13.8 Å². The molecule has 0 aliphatic carbocycles. The van der Waals surface area contributed by atoms with Gasteiger partial charge in [0.05, 0.1) is 0 Å². The number of carboxylic acid groups (broad SMARTS) is 1. The molecule has 29 heavy (non-hydrogen) atoms. The fourth-order valence-corrected chi connectivity index (χ4v) is 3.54. The molecule has 0 heterocycles. The van der Waals surface area contributed by atoms with Crippen LogP contribution in [0.25, 0.3) is 0 Å². The van der Waals surface area contributed by atoms with Crippen molar-refractivity contribution in [2.75, 3.05) is 6.61 Å². The van der Waals surface area contributed by atoms with Gasteiger partial charge in [-0.2, -0.15) is 0 Å². The maximum absolute atomic E-state index is 10.0. The van der Waals surface area contributed by atoms with E-state index in [4.69, 9.17) is 10.2 Å². The Bertz CT molecular complexity index is 276. The van der Waals surface area contributed by atoms with E-state index in [1.165, 1.54) is 116 Å². The minimum atomic E-state index is -0.670. The van der Waals surface area contributed by atoms with Gasteiger partial charge >= 0.3 is 5.97 Å². The third-order valence-corrected chi connectivity index (χ3v) is 5.51. The SMILES string of the molecule is CCCCCCCC(=O)O.CCCCCCCCCCCCCCCCCCO. The third kappa shape index (κ3) is 35.3. The van der Waals surface area contributed by atoms with Gasteiger partial charge in [-0.1, -0.05) is 136 Å². The molecular formula is C26H54O3. The van der Waals surface area contributed by atoms with E-state index in [1.54, 1.807) is 0 Å². The number of aliphatic hydroxyl groups excluding tert-OH is 1. The highest BCUT2D eigenvalue weighted by Crippen LogP contribution is 2.13. The Kier molecular flexibility index (Phi) is 31.3. The van der Waals surface area contributed by atoms with Gasteiger partial charge in [0.1, 0.15) is 0 Å². The fourth-order valence-electron chi connectivity index (χ4n) is 3.54. The van der Waals surface area contributed by atoms with Gasteiger partial charge in [0.15, 0.2) is 0 Å². The summed E-state index contributed by atoms with van der Waals surface area (Å²) >= 11 is 0. The third-order valence-electron chi connectivity index (χ3n) is 5.51. The second-order valence-electron chi connectivity index (χ2n) is 8.58. The summed E-state index contributed by atoms with van der Waals surface area (Å²) in [4.78, 5) is 10.0. The van der Waals surface area contributed by atoms with Crippen molar-refractivity contribution in [2.45, 2.75) is 155 Å². The van der Waals surface area contributed by atoms with E-state index < -0.39 is 5.97 Å². The number of hydrogen-bond donors (Lipinski definition) is 2. The summed E-state index contributed by atoms with van der Waals surface area (Å²) in [6.45, 7) is 4.81. The number of aliphatic carboxylic acids is 1. The molecule has 0 fully saturated rings. The summed E-state index contributed by atoms with van der Waals surface area (Å²) < 4.78 is 0. The Balaban J connectivity index is 0. The molecule has 0 aromatic rings. The minimum absolute atomic E-state index is 0.337. The average molecular weight is 415 g/mol. The highest BCUT2D eigenvalue weighted by atomic mass is 16.4. The Morgan fingerprint density at radius 1 is 0.483 bits per heavy atom. The number of aliphatic hydroxyl groups is 1. The lowest BCUT2D eigenvalue weighted by molar-refractivity contribution is -0.137. The van der Waals surface area contributed by atoms with Crippen molar-refractivity contribution in [1.82, 2.24) is 0 Å².